The number of ether oxygens (including phenoxy) is 1. The summed E-state index contributed by atoms with van der Waals surface area (Å²) in [4.78, 5) is 19.9. The zero-order chi connectivity index (χ0) is 13.8. The summed E-state index contributed by atoms with van der Waals surface area (Å²) < 4.78 is 5.30. The smallest absolute Gasteiger partial charge is 0.353 e. The lowest BCUT2D eigenvalue weighted by atomic mass is 10.00. The molecule has 2 rings (SSSR count). The van der Waals surface area contributed by atoms with Gasteiger partial charge >= 0.3 is 5.69 Å². The van der Waals surface area contributed by atoms with Crippen molar-refractivity contribution < 1.29 is 9.66 Å². The van der Waals surface area contributed by atoms with Crippen molar-refractivity contribution in [3.63, 3.8) is 0 Å². The predicted octanol–water partition coefficient (Wildman–Crippen LogP) is 0.830. The number of hydrogen-bond acceptors (Lipinski definition) is 7. The van der Waals surface area contributed by atoms with Crippen LogP contribution in [0.2, 0.25) is 0 Å². The van der Waals surface area contributed by atoms with Gasteiger partial charge in [0.05, 0.1) is 4.92 Å². The molecule has 1 fully saturated rings. The molecule has 0 radical (unpaired) electrons. The van der Waals surface area contributed by atoms with Gasteiger partial charge in [0.25, 0.3) is 0 Å². The van der Waals surface area contributed by atoms with E-state index < -0.39 is 4.92 Å². The van der Waals surface area contributed by atoms with Crippen LogP contribution in [-0.4, -0.2) is 41.7 Å². The Morgan fingerprint density at radius 1 is 1.53 bits per heavy atom. The predicted molar refractivity (Wildman–Crippen MR) is 69.9 cm³/mol. The number of nitrogens with zero attached hydrogens (tertiary/aromatic N) is 4. The average molecular weight is 267 g/mol. The Labute approximate surface area is 110 Å². The van der Waals surface area contributed by atoms with E-state index in [4.69, 9.17) is 10.5 Å². The van der Waals surface area contributed by atoms with Gasteiger partial charge in [0, 0.05) is 26.8 Å². The van der Waals surface area contributed by atoms with Crippen LogP contribution in [-0.2, 0) is 4.74 Å². The van der Waals surface area contributed by atoms with E-state index in [9.17, 15) is 10.1 Å². The molecule has 0 bridgehead atoms. The second kappa shape index (κ2) is 5.79. The second-order valence-corrected chi connectivity index (χ2v) is 4.62. The van der Waals surface area contributed by atoms with Crippen LogP contribution in [0, 0.1) is 16.0 Å². The van der Waals surface area contributed by atoms with Crippen LogP contribution in [0.5, 0.6) is 0 Å². The van der Waals surface area contributed by atoms with E-state index in [0.717, 1.165) is 26.1 Å². The van der Waals surface area contributed by atoms with E-state index >= 15 is 0 Å². The maximum absolute atomic E-state index is 11.0. The molecule has 104 valence electrons. The minimum absolute atomic E-state index is 0.103. The van der Waals surface area contributed by atoms with Gasteiger partial charge in [-0.3, -0.25) is 10.1 Å². The van der Waals surface area contributed by atoms with Crippen LogP contribution in [0.1, 0.15) is 12.8 Å². The van der Waals surface area contributed by atoms with Gasteiger partial charge < -0.3 is 15.4 Å². The lowest BCUT2D eigenvalue weighted by molar-refractivity contribution is -0.383. The quantitative estimate of drug-likeness (QED) is 0.635. The Hall–Kier alpha value is -1.96. The van der Waals surface area contributed by atoms with Gasteiger partial charge in [-0.25, -0.2) is 9.97 Å². The van der Waals surface area contributed by atoms with Crippen molar-refractivity contribution in [3.05, 3.63) is 16.4 Å². The van der Waals surface area contributed by atoms with Crippen LogP contribution in [0.3, 0.4) is 0 Å². The molecule has 1 aromatic heterocycles. The standard InChI is InChI=1S/C11H17N5O3/c1-15(6-8-2-4-19-5-3-8)11-9(16(17)18)10(12)13-7-14-11/h7-8H,2-6H2,1H3,(H2,12,13,14). The number of nitro groups is 1. The van der Waals surface area contributed by atoms with Crippen molar-refractivity contribution in [2.75, 3.05) is 37.4 Å². The molecular weight excluding hydrogens is 250 g/mol. The summed E-state index contributed by atoms with van der Waals surface area (Å²) in [6.07, 6.45) is 3.16. The number of rotatable bonds is 4. The second-order valence-electron chi connectivity index (χ2n) is 4.62. The zero-order valence-electron chi connectivity index (χ0n) is 10.8. The molecule has 0 saturated carbocycles. The van der Waals surface area contributed by atoms with Gasteiger partial charge in [0.2, 0.25) is 11.6 Å². The van der Waals surface area contributed by atoms with Crippen molar-refractivity contribution >= 4 is 17.3 Å². The molecule has 0 aromatic carbocycles. The highest BCUT2D eigenvalue weighted by Crippen LogP contribution is 2.30. The number of nitrogen functional groups attached to an aromatic ring is 1. The van der Waals surface area contributed by atoms with E-state index in [1.54, 1.807) is 11.9 Å². The number of anilines is 2. The Kier molecular flexibility index (Phi) is 4.10. The van der Waals surface area contributed by atoms with Crippen molar-refractivity contribution in [2.24, 2.45) is 5.92 Å². The first-order valence-electron chi connectivity index (χ1n) is 6.13. The molecule has 2 heterocycles. The number of aromatic nitrogens is 2. The van der Waals surface area contributed by atoms with Gasteiger partial charge in [0.15, 0.2) is 0 Å². The molecular formula is C11H17N5O3. The number of hydrogen-bond donors (Lipinski definition) is 1. The lowest BCUT2D eigenvalue weighted by Gasteiger charge is -2.27. The molecule has 19 heavy (non-hydrogen) atoms. The zero-order valence-corrected chi connectivity index (χ0v) is 10.8. The van der Waals surface area contributed by atoms with Crippen molar-refractivity contribution in [1.29, 1.82) is 0 Å². The molecule has 0 unspecified atom stereocenters. The minimum atomic E-state index is -0.537. The van der Waals surface area contributed by atoms with Crippen LogP contribution < -0.4 is 10.6 Å². The highest BCUT2D eigenvalue weighted by molar-refractivity contribution is 5.68. The summed E-state index contributed by atoms with van der Waals surface area (Å²) in [5.41, 5.74) is 5.33. The number of nitrogens with two attached hydrogens (primary N) is 1. The topological polar surface area (TPSA) is 107 Å². The molecule has 0 amide bonds. The van der Waals surface area contributed by atoms with Crippen LogP contribution in [0.15, 0.2) is 6.33 Å². The average Bonchev–Trinajstić information content (AvgIpc) is 2.39. The first-order chi connectivity index (χ1) is 9.09. The maximum atomic E-state index is 11.0. The van der Waals surface area contributed by atoms with Gasteiger partial charge in [-0.05, 0) is 18.8 Å². The molecule has 1 aliphatic rings. The largest absolute Gasteiger partial charge is 0.381 e. The fraction of sp³-hybridized carbons (Fsp3) is 0.636. The molecule has 1 aliphatic heterocycles. The van der Waals surface area contributed by atoms with Gasteiger partial charge in [0.1, 0.15) is 6.33 Å². The summed E-state index contributed by atoms with van der Waals surface area (Å²) in [6.45, 7) is 2.18. The third kappa shape index (κ3) is 3.08. The molecule has 1 saturated heterocycles. The van der Waals surface area contributed by atoms with E-state index in [1.807, 2.05) is 0 Å². The highest BCUT2D eigenvalue weighted by atomic mass is 16.6. The lowest BCUT2D eigenvalue weighted by Crippen LogP contribution is -2.30. The van der Waals surface area contributed by atoms with Crippen molar-refractivity contribution in [3.8, 4) is 0 Å². The molecule has 1 aromatic rings. The van der Waals surface area contributed by atoms with Crippen LogP contribution >= 0.6 is 0 Å². The first kappa shape index (κ1) is 13.5. The fourth-order valence-electron chi connectivity index (χ4n) is 2.24. The maximum Gasteiger partial charge on any atom is 0.353 e. The fourth-order valence-corrected chi connectivity index (χ4v) is 2.24. The molecule has 0 aliphatic carbocycles. The first-order valence-corrected chi connectivity index (χ1v) is 6.13. The van der Waals surface area contributed by atoms with E-state index in [1.165, 1.54) is 6.33 Å². The van der Waals surface area contributed by atoms with Gasteiger partial charge in [-0.1, -0.05) is 0 Å². The van der Waals surface area contributed by atoms with Crippen molar-refractivity contribution in [1.82, 2.24) is 9.97 Å². The van der Waals surface area contributed by atoms with Crippen LogP contribution in [0.25, 0.3) is 0 Å². The van der Waals surface area contributed by atoms with E-state index in [-0.39, 0.29) is 17.3 Å². The third-order valence-electron chi connectivity index (χ3n) is 3.25. The summed E-state index contributed by atoms with van der Waals surface area (Å²) in [5, 5.41) is 11.0. The highest BCUT2D eigenvalue weighted by Gasteiger charge is 2.25. The summed E-state index contributed by atoms with van der Waals surface area (Å²) in [5.74, 6) is 0.618. The summed E-state index contributed by atoms with van der Waals surface area (Å²) in [7, 11) is 1.78. The Morgan fingerprint density at radius 2 is 2.21 bits per heavy atom. The van der Waals surface area contributed by atoms with Crippen molar-refractivity contribution in [2.45, 2.75) is 12.8 Å². The molecule has 2 N–H and O–H groups in total. The van der Waals surface area contributed by atoms with Crippen LogP contribution in [0.4, 0.5) is 17.3 Å². The van der Waals surface area contributed by atoms with Gasteiger partial charge in [-0.2, -0.15) is 0 Å². The summed E-state index contributed by atoms with van der Waals surface area (Å²) in [6, 6.07) is 0. The Morgan fingerprint density at radius 3 is 2.84 bits per heavy atom. The molecule has 0 spiro atoms. The summed E-state index contributed by atoms with van der Waals surface area (Å²) >= 11 is 0. The SMILES string of the molecule is CN(CC1CCOCC1)c1ncnc(N)c1[N+](=O)[O-]. The minimum Gasteiger partial charge on any atom is -0.381 e. The van der Waals surface area contributed by atoms with Gasteiger partial charge in [-0.15, -0.1) is 0 Å². The molecule has 0 atom stereocenters. The van der Waals surface area contributed by atoms with E-state index in [0.29, 0.717) is 12.5 Å². The molecule has 8 heteroatoms. The Balaban J connectivity index is 2.16. The Bertz CT molecular complexity index is 462. The molecule has 8 nitrogen and oxygen atoms in total. The third-order valence-corrected chi connectivity index (χ3v) is 3.25. The normalized spacial score (nSPS) is 16.3. The monoisotopic (exact) mass is 267 g/mol. The van der Waals surface area contributed by atoms with E-state index in [2.05, 4.69) is 9.97 Å².